The summed E-state index contributed by atoms with van der Waals surface area (Å²) in [5, 5.41) is 0.158. The van der Waals surface area contributed by atoms with Gasteiger partial charge in [-0.3, -0.25) is 14.8 Å². The molecular weight excluding hydrogens is 274 g/mol. The maximum absolute atomic E-state index is 11.9. The minimum atomic E-state index is -0.722. The van der Waals surface area contributed by atoms with Gasteiger partial charge in [-0.05, 0) is 29.7 Å². The fourth-order valence-electron chi connectivity index (χ4n) is 2.17. The molecular formula is C14H11N3O4. The minimum Gasteiger partial charge on any atom is -0.405 e. The van der Waals surface area contributed by atoms with Crippen molar-refractivity contribution < 1.29 is 4.42 Å². The van der Waals surface area contributed by atoms with Gasteiger partial charge < -0.3 is 10.2 Å². The highest BCUT2D eigenvalue weighted by Gasteiger charge is 2.11. The molecule has 2 aromatic heterocycles. The van der Waals surface area contributed by atoms with Gasteiger partial charge in [0.05, 0.1) is 0 Å². The van der Waals surface area contributed by atoms with Crippen molar-refractivity contribution in [1.29, 1.82) is 0 Å². The first-order chi connectivity index (χ1) is 10.0. The van der Waals surface area contributed by atoms with E-state index in [1.807, 2.05) is 0 Å². The summed E-state index contributed by atoms with van der Waals surface area (Å²) < 4.78 is 4.87. The molecule has 0 unspecified atom stereocenters. The summed E-state index contributed by atoms with van der Waals surface area (Å²) in [4.78, 5) is 39.1. The summed E-state index contributed by atoms with van der Waals surface area (Å²) in [6, 6.07) is 8.31. The maximum atomic E-state index is 11.9. The first-order valence-corrected chi connectivity index (χ1v) is 6.17. The molecule has 2 heterocycles. The number of fused-ring (bicyclic) bond motifs is 1. The van der Waals surface area contributed by atoms with Crippen LogP contribution in [0, 0.1) is 0 Å². The number of nitrogens with two attached hydrogens (primary N) is 1. The monoisotopic (exact) mass is 285 g/mol. The lowest BCUT2D eigenvalue weighted by Crippen LogP contribution is -2.24. The number of nitrogen functional groups attached to an aromatic ring is 1. The third kappa shape index (κ3) is 2.48. The lowest BCUT2D eigenvalue weighted by atomic mass is 10.0. The molecule has 21 heavy (non-hydrogen) atoms. The summed E-state index contributed by atoms with van der Waals surface area (Å²) in [6.07, 6.45) is 0.345. The highest BCUT2D eigenvalue weighted by molar-refractivity contribution is 5.75. The molecule has 7 nitrogen and oxygen atoms in total. The van der Waals surface area contributed by atoms with Crippen LogP contribution in [0.1, 0.15) is 11.1 Å². The van der Waals surface area contributed by atoms with Crippen LogP contribution >= 0.6 is 0 Å². The van der Waals surface area contributed by atoms with Crippen LogP contribution in [0.2, 0.25) is 0 Å². The molecule has 0 bridgehead atoms. The molecule has 0 aliphatic carbocycles. The number of nitrogens with one attached hydrogen (secondary N) is 2. The molecule has 0 spiro atoms. The third-order valence-corrected chi connectivity index (χ3v) is 3.10. The Labute approximate surface area is 117 Å². The van der Waals surface area contributed by atoms with E-state index in [-0.39, 0.29) is 11.1 Å². The Balaban J connectivity index is 2.22. The molecule has 0 fully saturated rings. The molecule has 106 valence electrons. The Kier molecular flexibility index (Phi) is 2.94. The average Bonchev–Trinajstić information content (AvgIpc) is 2.40. The molecule has 3 aromatic rings. The van der Waals surface area contributed by atoms with E-state index in [0.717, 1.165) is 5.56 Å². The Morgan fingerprint density at radius 1 is 1.05 bits per heavy atom. The van der Waals surface area contributed by atoms with E-state index in [1.54, 1.807) is 24.3 Å². The molecule has 0 radical (unpaired) electrons. The van der Waals surface area contributed by atoms with Crippen LogP contribution in [-0.4, -0.2) is 9.97 Å². The van der Waals surface area contributed by atoms with Crippen LogP contribution < -0.4 is 22.6 Å². The normalized spacial score (nSPS) is 10.9. The van der Waals surface area contributed by atoms with E-state index in [1.165, 1.54) is 6.07 Å². The molecule has 0 aliphatic heterocycles. The number of H-pyrrole nitrogens is 2. The number of hydrogen-bond donors (Lipinski definition) is 3. The van der Waals surface area contributed by atoms with Gasteiger partial charge in [-0.15, -0.1) is 0 Å². The Bertz CT molecular complexity index is 975. The number of aromatic amines is 2. The van der Waals surface area contributed by atoms with Crippen LogP contribution in [-0.2, 0) is 6.42 Å². The van der Waals surface area contributed by atoms with E-state index < -0.39 is 16.9 Å². The first-order valence-electron chi connectivity index (χ1n) is 6.17. The SMILES string of the molecule is Nc1ccc(Cc2cc(=O)oc3[nH]c(=O)[nH]c(=O)c23)cc1. The Morgan fingerprint density at radius 3 is 2.48 bits per heavy atom. The van der Waals surface area contributed by atoms with Crippen LogP contribution in [0.15, 0.2) is 49.1 Å². The lowest BCUT2D eigenvalue weighted by Gasteiger charge is -2.04. The topological polar surface area (TPSA) is 122 Å². The molecule has 4 N–H and O–H groups in total. The predicted molar refractivity (Wildman–Crippen MR) is 77.4 cm³/mol. The Hall–Kier alpha value is -3.09. The van der Waals surface area contributed by atoms with Gasteiger partial charge >= 0.3 is 11.3 Å². The van der Waals surface area contributed by atoms with Gasteiger partial charge in [0.25, 0.3) is 5.56 Å². The second-order valence-electron chi connectivity index (χ2n) is 4.62. The predicted octanol–water partition coefficient (Wildman–Crippen LogP) is 0.343. The van der Waals surface area contributed by atoms with Gasteiger partial charge in [0.2, 0.25) is 5.71 Å². The Morgan fingerprint density at radius 2 is 1.76 bits per heavy atom. The second-order valence-corrected chi connectivity index (χ2v) is 4.62. The molecule has 0 aliphatic rings. The zero-order valence-corrected chi connectivity index (χ0v) is 10.8. The maximum Gasteiger partial charge on any atom is 0.337 e. The molecule has 0 atom stereocenters. The number of benzene rings is 1. The van der Waals surface area contributed by atoms with Gasteiger partial charge in [-0.25, -0.2) is 9.59 Å². The van der Waals surface area contributed by atoms with Crippen LogP contribution in [0.4, 0.5) is 5.69 Å². The largest absolute Gasteiger partial charge is 0.405 e. The molecule has 0 saturated carbocycles. The van der Waals surface area contributed by atoms with Crippen LogP contribution in [0.25, 0.3) is 11.1 Å². The molecule has 3 rings (SSSR count). The van der Waals surface area contributed by atoms with Gasteiger partial charge in [0.1, 0.15) is 5.39 Å². The summed E-state index contributed by atoms with van der Waals surface area (Å²) >= 11 is 0. The van der Waals surface area contributed by atoms with Crippen molar-refractivity contribution in [3.05, 3.63) is 72.7 Å². The van der Waals surface area contributed by atoms with E-state index in [4.69, 9.17) is 10.2 Å². The van der Waals surface area contributed by atoms with Crippen molar-refractivity contribution in [3.8, 4) is 0 Å². The van der Waals surface area contributed by atoms with Crippen molar-refractivity contribution >= 4 is 16.8 Å². The standard InChI is InChI=1S/C14H11N3O4/c15-9-3-1-7(2-4-9)5-8-6-10(18)21-13-11(8)12(19)16-14(20)17-13/h1-4,6H,5,15H2,(H2,16,17,19,20). The highest BCUT2D eigenvalue weighted by Crippen LogP contribution is 2.15. The third-order valence-electron chi connectivity index (χ3n) is 3.10. The molecule has 7 heteroatoms. The van der Waals surface area contributed by atoms with Crippen LogP contribution in [0.3, 0.4) is 0 Å². The van der Waals surface area contributed by atoms with E-state index in [9.17, 15) is 14.4 Å². The van der Waals surface area contributed by atoms with Crippen molar-refractivity contribution in [1.82, 2.24) is 9.97 Å². The number of rotatable bonds is 2. The second kappa shape index (κ2) is 4.78. The quantitative estimate of drug-likeness (QED) is 0.586. The van der Waals surface area contributed by atoms with E-state index in [0.29, 0.717) is 17.7 Å². The highest BCUT2D eigenvalue weighted by atomic mass is 16.4. The van der Waals surface area contributed by atoms with Crippen molar-refractivity contribution in [2.75, 3.05) is 5.73 Å². The summed E-state index contributed by atoms with van der Waals surface area (Å²) in [5.41, 5.74) is 5.52. The fraction of sp³-hybridized carbons (Fsp3) is 0.0714. The lowest BCUT2D eigenvalue weighted by molar-refractivity contribution is 0.545. The van der Waals surface area contributed by atoms with Gasteiger partial charge in [0.15, 0.2) is 0 Å². The molecule has 1 aromatic carbocycles. The molecule has 0 amide bonds. The van der Waals surface area contributed by atoms with Crippen molar-refractivity contribution in [3.63, 3.8) is 0 Å². The summed E-state index contributed by atoms with van der Waals surface area (Å²) in [7, 11) is 0. The molecule has 0 saturated heterocycles. The number of anilines is 1. The zero-order chi connectivity index (χ0) is 15.0. The zero-order valence-electron chi connectivity index (χ0n) is 10.8. The smallest absolute Gasteiger partial charge is 0.337 e. The number of hydrogen-bond acceptors (Lipinski definition) is 5. The average molecular weight is 285 g/mol. The summed E-state index contributed by atoms with van der Waals surface area (Å²) in [5.74, 6) is 0. The van der Waals surface area contributed by atoms with Gasteiger partial charge in [0, 0.05) is 11.8 Å². The first kappa shape index (κ1) is 12.9. The van der Waals surface area contributed by atoms with Crippen molar-refractivity contribution in [2.45, 2.75) is 6.42 Å². The summed E-state index contributed by atoms with van der Waals surface area (Å²) in [6.45, 7) is 0. The van der Waals surface area contributed by atoms with E-state index >= 15 is 0 Å². The van der Waals surface area contributed by atoms with E-state index in [2.05, 4.69) is 9.97 Å². The van der Waals surface area contributed by atoms with Gasteiger partial charge in [-0.1, -0.05) is 12.1 Å². The van der Waals surface area contributed by atoms with Gasteiger partial charge in [-0.2, -0.15) is 0 Å². The van der Waals surface area contributed by atoms with Crippen LogP contribution in [0.5, 0.6) is 0 Å². The number of aromatic nitrogens is 2. The van der Waals surface area contributed by atoms with Crippen molar-refractivity contribution in [2.24, 2.45) is 0 Å². The minimum absolute atomic E-state index is 0.123. The fourth-order valence-corrected chi connectivity index (χ4v) is 2.17.